The van der Waals surface area contributed by atoms with Gasteiger partial charge in [-0.05, 0) is 36.6 Å². The molecular formula is C20H24FN3O. The standard InChI is InChI=1S/C20H24FN3O/c1-2-12-22-19(23-13-9-16-6-5-14-25-16)24-15-20(10-11-20)17-7-3-4-8-18(17)21/h2-8,14H,1,9-13,15H2,(H2,22,23,24). The monoisotopic (exact) mass is 341 g/mol. The Morgan fingerprint density at radius 3 is 2.76 bits per heavy atom. The molecule has 1 heterocycles. The third kappa shape index (κ3) is 4.50. The Morgan fingerprint density at radius 1 is 1.24 bits per heavy atom. The van der Waals surface area contributed by atoms with Gasteiger partial charge in [0.15, 0.2) is 5.96 Å². The lowest BCUT2D eigenvalue weighted by atomic mass is 9.95. The summed E-state index contributed by atoms with van der Waals surface area (Å²) in [5.74, 6) is 1.51. The first-order valence-electron chi connectivity index (χ1n) is 8.64. The minimum atomic E-state index is -0.158. The summed E-state index contributed by atoms with van der Waals surface area (Å²) < 4.78 is 19.4. The number of benzene rings is 1. The molecular weight excluding hydrogens is 317 g/mol. The van der Waals surface area contributed by atoms with Crippen LogP contribution in [0.5, 0.6) is 0 Å². The van der Waals surface area contributed by atoms with Gasteiger partial charge >= 0.3 is 0 Å². The Kier molecular flexibility index (Phi) is 5.53. The average molecular weight is 341 g/mol. The van der Waals surface area contributed by atoms with Crippen LogP contribution in [0.15, 0.2) is 64.7 Å². The van der Waals surface area contributed by atoms with Crippen molar-refractivity contribution in [2.24, 2.45) is 4.99 Å². The lowest BCUT2D eigenvalue weighted by molar-refractivity contribution is 0.506. The van der Waals surface area contributed by atoms with Gasteiger partial charge in [-0.1, -0.05) is 24.3 Å². The molecule has 1 aromatic heterocycles. The molecule has 0 aliphatic heterocycles. The van der Waals surface area contributed by atoms with Crippen LogP contribution in [0.1, 0.15) is 24.2 Å². The summed E-state index contributed by atoms with van der Waals surface area (Å²) in [6, 6.07) is 10.8. The second-order valence-electron chi connectivity index (χ2n) is 6.35. The molecule has 0 atom stereocenters. The maximum Gasteiger partial charge on any atom is 0.191 e. The highest BCUT2D eigenvalue weighted by molar-refractivity contribution is 5.80. The second-order valence-corrected chi connectivity index (χ2v) is 6.35. The minimum Gasteiger partial charge on any atom is -0.469 e. The van der Waals surface area contributed by atoms with Crippen molar-refractivity contribution in [2.75, 3.05) is 19.6 Å². The topological polar surface area (TPSA) is 49.6 Å². The molecule has 1 aliphatic rings. The van der Waals surface area contributed by atoms with Crippen LogP contribution < -0.4 is 10.6 Å². The zero-order valence-corrected chi connectivity index (χ0v) is 14.3. The van der Waals surface area contributed by atoms with Crippen LogP contribution in [0.4, 0.5) is 4.39 Å². The van der Waals surface area contributed by atoms with Gasteiger partial charge in [0, 0.05) is 24.9 Å². The van der Waals surface area contributed by atoms with Crippen molar-refractivity contribution in [2.45, 2.75) is 24.7 Å². The van der Waals surface area contributed by atoms with E-state index in [4.69, 9.17) is 4.42 Å². The number of furan rings is 1. The molecule has 1 saturated carbocycles. The molecule has 2 N–H and O–H groups in total. The number of rotatable bonds is 8. The number of hydrogen-bond donors (Lipinski definition) is 2. The maximum atomic E-state index is 14.1. The summed E-state index contributed by atoms with van der Waals surface area (Å²) in [5, 5.41) is 6.51. The van der Waals surface area contributed by atoms with Crippen LogP contribution >= 0.6 is 0 Å². The maximum absolute atomic E-state index is 14.1. The molecule has 1 fully saturated rings. The first-order chi connectivity index (χ1) is 12.2. The SMILES string of the molecule is C=CCNC(=NCC1(c2ccccc2F)CC1)NCCc1ccco1. The number of aliphatic imine (C=N–C) groups is 1. The molecule has 0 unspecified atom stereocenters. The van der Waals surface area contributed by atoms with Gasteiger partial charge < -0.3 is 15.1 Å². The number of halogens is 1. The zero-order valence-electron chi connectivity index (χ0n) is 14.3. The van der Waals surface area contributed by atoms with Crippen LogP contribution in [0.2, 0.25) is 0 Å². The fourth-order valence-corrected chi connectivity index (χ4v) is 2.89. The molecule has 5 heteroatoms. The van der Waals surface area contributed by atoms with Crippen molar-refractivity contribution in [1.82, 2.24) is 10.6 Å². The largest absolute Gasteiger partial charge is 0.469 e. The second kappa shape index (κ2) is 8.01. The Balaban J connectivity index is 1.62. The summed E-state index contributed by atoms with van der Waals surface area (Å²) in [7, 11) is 0. The van der Waals surface area contributed by atoms with E-state index in [0.717, 1.165) is 30.6 Å². The van der Waals surface area contributed by atoms with E-state index in [0.29, 0.717) is 25.6 Å². The summed E-state index contributed by atoms with van der Waals surface area (Å²) in [6.45, 7) is 5.63. The lowest BCUT2D eigenvalue weighted by Gasteiger charge is -2.16. The Morgan fingerprint density at radius 2 is 2.08 bits per heavy atom. The van der Waals surface area contributed by atoms with Gasteiger partial charge in [0.25, 0.3) is 0 Å². The van der Waals surface area contributed by atoms with Crippen molar-refractivity contribution in [3.63, 3.8) is 0 Å². The van der Waals surface area contributed by atoms with E-state index >= 15 is 0 Å². The summed E-state index contributed by atoms with van der Waals surface area (Å²) in [6.07, 6.45) is 6.18. The van der Waals surface area contributed by atoms with E-state index in [9.17, 15) is 4.39 Å². The van der Waals surface area contributed by atoms with E-state index in [2.05, 4.69) is 22.2 Å². The summed E-state index contributed by atoms with van der Waals surface area (Å²) in [4.78, 5) is 4.68. The minimum absolute atomic E-state index is 0.137. The molecule has 3 rings (SSSR count). The number of guanidine groups is 1. The van der Waals surface area contributed by atoms with E-state index in [1.807, 2.05) is 24.3 Å². The van der Waals surface area contributed by atoms with Crippen molar-refractivity contribution in [3.8, 4) is 0 Å². The molecule has 2 aromatic rings. The molecule has 1 aromatic carbocycles. The van der Waals surface area contributed by atoms with Gasteiger partial charge in [-0.3, -0.25) is 4.99 Å². The fourth-order valence-electron chi connectivity index (χ4n) is 2.89. The molecule has 25 heavy (non-hydrogen) atoms. The fraction of sp³-hybridized carbons (Fsp3) is 0.350. The van der Waals surface area contributed by atoms with Gasteiger partial charge in [0.05, 0.1) is 12.8 Å². The van der Waals surface area contributed by atoms with Crippen molar-refractivity contribution < 1.29 is 8.81 Å². The average Bonchev–Trinajstić information content (AvgIpc) is 3.23. The van der Waals surface area contributed by atoms with E-state index in [-0.39, 0.29) is 11.2 Å². The van der Waals surface area contributed by atoms with Crippen molar-refractivity contribution >= 4 is 5.96 Å². The summed E-state index contributed by atoms with van der Waals surface area (Å²) >= 11 is 0. The first-order valence-corrected chi connectivity index (χ1v) is 8.64. The molecule has 0 saturated heterocycles. The van der Waals surface area contributed by atoms with Crippen LogP contribution in [0.25, 0.3) is 0 Å². The third-order valence-corrected chi connectivity index (χ3v) is 4.50. The zero-order chi connectivity index (χ0) is 17.5. The van der Waals surface area contributed by atoms with E-state index < -0.39 is 0 Å². The predicted molar refractivity (Wildman–Crippen MR) is 98.2 cm³/mol. The summed E-state index contributed by atoms with van der Waals surface area (Å²) in [5.41, 5.74) is 0.618. The van der Waals surface area contributed by atoms with Crippen molar-refractivity contribution in [1.29, 1.82) is 0 Å². The Hall–Kier alpha value is -2.56. The molecule has 0 amide bonds. The normalized spacial score (nSPS) is 15.6. The Bertz CT molecular complexity index is 720. The van der Waals surface area contributed by atoms with Crippen LogP contribution in [0, 0.1) is 5.82 Å². The highest BCUT2D eigenvalue weighted by Gasteiger charge is 2.45. The predicted octanol–water partition coefficient (Wildman–Crippen LogP) is 3.41. The quantitative estimate of drug-likeness (QED) is 0.439. The third-order valence-electron chi connectivity index (χ3n) is 4.50. The number of nitrogens with zero attached hydrogens (tertiary/aromatic N) is 1. The molecule has 4 nitrogen and oxygen atoms in total. The Labute approximate surface area is 147 Å². The van der Waals surface area contributed by atoms with Gasteiger partial charge in [-0.15, -0.1) is 6.58 Å². The molecule has 132 valence electrons. The molecule has 0 radical (unpaired) electrons. The smallest absolute Gasteiger partial charge is 0.191 e. The van der Waals surface area contributed by atoms with Crippen LogP contribution in [-0.4, -0.2) is 25.6 Å². The highest BCUT2D eigenvalue weighted by Crippen LogP contribution is 2.49. The molecule has 0 bridgehead atoms. The first kappa shape index (κ1) is 17.3. The molecule has 1 aliphatic carbocycles. The van der Waals surface area contributed by atoms with Crippen molar-refractivity contribution in [3.05, 3.63) is 72.5 Å². The molecule has 0 spiro atoms. The van der Waals surface area contributed by atoms with Crippen LogP contribution in [0.3, 0.4) is 0 Å². The van der Waals surface area contributed by atoms with Gasteiger partial charge in [0.2, 0.25) is 0 Å². The van der Waals surface area contributed by atoms with Crippen LogP contribution in [-0.2, 0) is 11.8 Å². The number of nitrogens with one attached hydrogen (secondary N) is 2. The van der Waals surface area contributed by atoms with Gasteiger partial charge in [-0.2, -0.15) is 0 Å². The number of hydrogen-bond acceptors (Lipinski definition) is 2. The van der Waals surface area contributed by atoms with E-state index in [1.54, 1.807) is 18.4 Å². The highest BCUT2D eigenvalue weighted by atomic mass is 19.1. The van der Waals surface area contributed by atoms with Gasteiger partial charge in [0.1, 0.15) is 11.6 Å². The van der Waals surface area contributed by atoms with Gasteiger partial charge in [-0.25, -0.2) is 4.39 Å². The lowest BCUT2D eigenvalue weighted by Crippen LogP contribution is -2.39. The van der Waals surface area contributed by atoms with E-state index in [1.165, 1.54) is 6.07 Å².